The maximum atomic E-state index is 12.5. The van der Waals surface area contributed by atoms with E-state index in [1.54, 1.807) is 0 Å². The van der Waals surface area contributed by atoms with Gasteiger partial charge in [0.05, 0.1) is 21.8 Å². The molecule has 0 saturated carbocycles. The average molecular weight is 335 g/mol. The average Bonchev–Trinajstić information content (AvgIpc) is 2.55. The molecule has 0 unspecified atom stereocenters. The first-order valence-electron chi connectivity index (χ1n) is 6.89. The first kappa shape index (κ1) is 15.7. The number of hydrogen-bond donors (Lipinski definition) is 0. The van der Waals surface area contributed by atoms with Crippen molar-refractivity contribution in [2.24, 2.45) is 0 Å². The highest BCUT2D eigenvalue weighted by atomic mass is 32.2. The summed E-state index contributed by atoms with van der Waals surface area (Å²) in [6.45, 7) is 0. The monoisotopic (exact) mass is 335 g/mol. The predicted octanol–water partition coefficient (Wildman–Crippen LogP) is 4.38. The smallest absolute Gasteiger partial charge is 0.249 e. The van der Waals surface area contributed by atoms with Crippen LogP contribution in [0.4, 0.5) is 13.2 Å². The van der Waals surface area contributed by atoms with Gasteiger partial charge >= 0.3 is 6.18 Å². The van der Waals surface area contributed by atoms with Gasteiger partial charge < -0.3 is 0 Å². The Bertz CT molecular complexity index is 798. The first-order chi connectivity index (χ1) is 11.0. The van der Waals surface area contributed by atoms with Crippen molar-refractivity contribution in [1.82, 2.24) is 15.0 Å². The zero-order valence-electron chi connectivity index (χ0n) is 11.9. The van der Waals surface area contributed by atoms with Crippen LogP contribution in [0.15, 0.2) is 53.9 Å². The van der Waals surface area contributed by atoms with E-state index in [1.165, 1.54) is 24.2 Å². The van der Waals surface area contributed by atoms with Crippen molar-refractivity contribution >= 4 is 22.7 Å². The number of aryl methyl sites for hydroxylation is 1. The van der Waals surface area contributed by atoms with Gasteiger partial charge in [-0.15, -0.1) is 11.8 Å². The van der Waals surface area contributed by atoms with Crippen molar-refractivity contribution in [3.8, 4) is 0 Å². The maximum absolute atomic E-state index is 12.5. The molecule has 7 heteroatoms. The molecule has 3 rings (SSSR count). The molecule has 0 bridgehead atoms. The quantitative estimate of drug-likeness (QED) is 0.663. The van der Waals surface area contributed by atoms with E-state index in [0.29, 0.717) is 17.2 Å². The fourth-order valence-electron chi connectivity index (χ4n) is 2.15. The predicted molar refractivity (Wildman–Crippen MR) is 83.2 cm³/mol. The van der Waals surface area contributed by atoms with Crippen LogP contribution in [0.5, 0.6) is 0 Å². The lowest BCUT2D eigenvalue weighted by Gasteiger charge is -2.07. The summed E-state index contributed by atoms with van der Waals surface area (Å²) in [7, 11) is 0. The Kier molecular flexibility index (Phi) is 4.47. The number of fused-ring (bicyclic) bond motifs is 1. The van der Waals surface area contributed by atoms with E-state index in [0.717, 1.165) is 28.9 Å². The maximum Gasteiger partial charge on any atom is 0.417 e. The molecule has 0 aliphatic heterocycles. The van der Waals surface area contributed by atoms with Crippen LogP contribution in [0.25, 0.3) is 10.9 Å². The summed E-state index contributed by atoms with van der Waals surface area (Å²) in [5.74, 6) is 0.680. The summed E-state index contributed by atoms with van der Waals surface area (Å²) in [5.41, 5.74) is 1.08. The molecule has 118 valence electrons. The van der Waals surface area contributed by atoms with Gasteiger partial charge in [-0.1, -0.05) is 18.2 Å². The largest absolute Gasteiger partial charge is 0.417 e. The van der Waals surface area contributed by atoms with Crippen LogP contribution in [-0.4, -0.2) is 20.7 Å². The first-order valence-corrected chi connectivity index (χ1v) is 7.87. The Hall–Kier alpha value is -2.15. The van der Waals surface area contributed by atoms with Crippen molar-refractivity contribution in [3.05, 3.63) is 60.2 Å². The molecular weight excluding hydrogens is 323 g/mol. The van der Waals surface area contributed by atoms with E-state index in [-0.39, 0.29) is 0 Å². The van der Waals surface area contributed by atoms with Crippen LogP contribution in [0.2, 0.25) is 0 Å². The second-order valence-electron chi connectivity index (χ2n) is 4.82. The number of para-hydroxylation sites is 1. The topological polar surface area (TPSA) is 38.7 Å². The molecule has 0 radical (unpaired) electrons. The highest BCUT2D eigenvalue weighted by Gasteiger charge is 2.30. The van der Waals surface area contributed by atoms with Crippen molar-refractivity contribution in [2.75, 3.05) is 5.75 Å². The van der Waals surface area contributed by atoms with Gasteiger partial charge in [-0.05, 0) is 24.6 Å². The van der Waals surface area contributed by atoms with Gasteiger partial charge in [-0.25, -0.2) is 15.0 Å². The summed E-state index contributed by atoms with van der Waals surface area (Å²) in [4.78, 5) is 12.3. The Morgan fingerprint density at radius 3 is 2.52 bits per heavy atom. The minimum absolute atomic E-state index is 0.566. The van der Waals surface area contributed by atoms with Gasteiger partial charge in [-0.2, -0.15) is 13.2 Å². The van der Waals surface area contributed by atoms with Crippen molar-refractivity contribution in [1.29, 1.82) is 0 Å². The molecule has 0 aliphatic carbocycles. The number of aromatic nitrogens is 3. The summed E-state index contributed by atoms with van der Waals surface area (Å²) >= 11 is 1.40. The lowest BCUT2D eigenvalue weighted by Crippen LogP contribution is -2.05. The van der Waals surface area contributed by atoms with Crippen LogP contribution in [0.1, 0.15) is 11.3 Å². The van der Waals surface area contributed by atoms with Crippen molar-refractivity contribution < 1.29 is 13.2 Å². The molecule has 2 heterocycles. The van der Waals surface area contributed by atoms with Gasteiger partial charge in [0.2, 0.25) is 0 Å². The molecule has 0 fully saturated rings. The van der Waals surface area contributed by atoms with Gasteiger partial charge in [0.25, 0.3) is 0 Å². The second-order valence-corrected chi connectivity index (χ2v) is 5.93. The molecule has 0 atom stereocenters. The number of hydrogen-bond acceptors (Lipinski definition) is 4. The molecule has 1 aromatic carbocycles. The van der Waals surface area contributed by atoms with E-state index in [1.807, 2.05) is 24.3 Å². The summed E-state index contributed by atoms with van der Waals surface area (Å²) in [6.07, 6.45) is -1.27. The molecule has 0 spiro atoms. The number of thioether (sulfide) groups is 1. The summed E-state index contributed by atoms with van der Waals surface area (Å²) in [5, 5.41) is 1.56. The number of nitrogens with zero attached hydrogens (tertiary/aromatic N) is 3. The van der Waals surface area contributed by atoms with Crippen LogP contribution in [-0.2, 0) is 12.6 Å². The lowest BCUT2D eigenvalue weighted by atomic mass is 10.1. The second kappa shape index (κ2) is 6.54. The minimum atomic E-state index is -4.35. The summed E-state index contributed by atoms with van der Waals surface area (Å²) < 4.78 is 37.4. The third kappa shape index (κ3) is 3.79. The molecule has 2 aromatic heterocycles. The number of rotatable bonds is 4. The van der Waals surface area contributed by atoms with E-state index >= 15 is 0 Å². The van der Waals surface area contributed by atoms with Crippen LogP contribution < -0.4 is 0 Å². The fraction of sp³-hybridized carbons (Fsp3) is 0.188. The Balaban J connectivity index is 1.65. The van der Waals surface area contributed by atoms with Crippen molar-refractivity contribution in [2.45, 2.75) is 17.6 Å². The third-order valence-corrected chi connectivity index (χ3v) is 4.22. The molecule has 0 amide bonds. The number of alkyl halides is 3. The lowest BCUT2D eigenvalue weighted by molar-refractivity contribution is -0.137. The van der Waals surface area contributed by atoms with E-state index in [4.69, 9.17) is 0 Å². The zero-order valence-corrected chi connectivity index (χ0v) is 12.7. The Labute approximate surface area is 135 Å². The van der Waals surface area contributed by atoms with Crippen LogP contribution >= 0.6 is 11.8 Å². The fourth-order valence-corrected chi connectivity index (χ4v) is 2.94. The number of benzene rings is 1. The van der Waals surface area contributed by atoms with Crippen LogP contribution in [0, 0.1) is 0 Å². The van der Waals surface area contributed by atoms with Gasteiger partial charge in [0, 0.05) is 17.3 Å². The molecule has 0 N–H and O–H groups in total. The standard InChI is InChI=1S/C16H12F3N3S/c17-16(18,19)11-5-6-15(20-9-11)23-8-7-14-12-3-1-2-4-13(12)21-10-22-14/h1-6,9-10H,7-8H2. The van der Waals surface area contributed by atoms with E-state index < -0.39 is 11.7 Å². The number of pyridine rings is 1. The van der Waals surface area contributed by atoms with E-state index in [9.17, 15) is 13.2 Å². The highest BCUT2D eigenvalue weighted by molar-refractivity contribution is 7.99. The third-order valence-electron chi connectivity index (χ3n) is 3.28. The Morgan fingerprint density at radius 2 is 1.78 bits per heavy atom. The minimum Gasteiger partial charge on any atom is -0.249 e. The normalized spacial score (nSPS) is 11.8. The van der Waals surface area contributed by atoms with E-state index in [2.05, 4.69) is 15.0 Å². The van der Waals surface area contributed by atoms with Gasteiger partial charge in [0.15, 0.2) is 0 Å². The van der Waals surface area contributed by atoms with Crippen molar-refractivity contribution in [3.63, 3.8) is 0 Å². The molecule has 0 saturated heterocycles. The number of halogens is 3. The van der Waals surface area contributed by atoms with Gasteiger partial charge in [0.1, 0.15) is 6.33 Å². The van der Waals surface area contributed by atoms with Gasteiger partial charge in [-0.3, -0.25) is 0 Å². The Morgan fingerprint density at radius 1 is 0.957 bits per heavy atom. The molecular formula is C16H12F3N3S. The molecule has 3 aromatic rings. The summed E-state index contributed by atoms with van der Waals surface area (Å²) in [6, 6.07) is 10.2. The molecule has 23 heavy (non-hydrogen) atoms. The SMILES string of the molecule is FC(F)(F)c1ccc(SCCc2ncnc3ccccc23)nc1. The molecule has 0 aliphatic rings. The zero-order chi connectivity index (χ0) is 16.3. The highest BCUT2D eigenvalue weighted by Crippen LogP contribution is 2.29. The molecule has 3 nitrogen and oxygen atoms in total. The van der Waals surface area contributed by atoms with Crippen LogP contribution in [0.3, 0.4) is 0 Å².